The van der Waals surface area contributed by atoms with Crippen LogP contribution < -0.4 is 9.13 Å². The third kappa shape index (κ3) is 3.71. The molecule has 2 heteroatoms. The monoisotopic (exact) mass is 492 g/mol. The molecule has 0 spiro atoms. The molecule has 2 aliphatic rings. The molecule has 0 fully saturated rings. The van der Waals surface area contributed by atoms with Crippen LogP contribution in [0.1, 0.15) is 41.5 Å². The summed E-state index contributed by atoms with van der Waals surface area (Å²) in [5.74, 6) is 0.361. The summed E-state index contributed by atoms with van der Waals surface area (Å²) in [7, 11) is 0. The maximum atomic E-state index is 4.70. The molecule has 2 unspecified atom stereocenters. The first kappa shape index (κ1) is 22.9. The quantitative estimate of drug-likeness (QED) is 0.212. The van der Waals surface area contributed by atoms with Gasteiger partial charge in [0.2, 0.25) is 11.4 Å². The lowest BCUT2D eigenvalue weighted by atomic mass is 9.77. The maximum absolute atomic E-state index is 4.70. The molecular formula is C36H32N2+2. The predicted octanol–water partition coefficient (Wildman–Crippen LogP) is 7.72. The van der Waals surface area contributed by atoms with Gasteiger partial charge in [0, 0.05) is 48.2 Å². The van der Waals surface area contributed by atoms with Gasteiger partial charge in [0.15, 0.2) is 24.1 Å². The lowest BCUT2D eigenvalue weighted by molar-refractivity contribution is -0.719. The number of fused-ring (bicyclic) bond motifs is 9. The molecule has 0 aliphatic carbocycles. The van der Waals surface area contributed by atoms with Gasteiger partial charge in [-0.1, -0.05) is 60.7 Å². The molecule has 0 bridgehead atoms. The second kappa shape index (κ2) is 9.22. The highest BCUT2D eigenvalue weighted by molar-refractivity contribution is 5.73. The Morgan fingerprint density at radius 2 is 1.45 bits per heavy atom. The largest absolute Gasteiger partial charge is 0.218 e. The molecule has 0 saturated carbocycles. The van der Waals surface area contributed by atoms with Crippen molar-refractivity contribution in [2.45, 2.75) is 38.1 Å². The van der Waals surface area contributed by atoms with E-state index in [2.05, 4.69) is 132 Å². The van der Waals surface area contributed by atoms with Crippen molar-refractivity contribution < 1.29 is 9.13 Å². The Kier molecular flexibility index (Phi) is 5.55. The van der Waals surface area contributed by atoms with Gasteiger partial charge in [0.25, 0.3) is 0 Å². The molecule has 4 heterocycles. The summed E-state index contributed by atoms with van der Waals surface area (Å²) in [5, 5.41) is 0. The zero-order chi connectivity index (χ0) is 25.6. The molecule has 5 aromatic rings. The molecule has 2 nitrogen and oxygen atoms in total. The minimum Gasteiger partial charge on any atom is -0.195 e. The number of aryl methyl sites for hydroxylation is 2. The van der Waals surface area contributed by atoms with Gasteiger partial charge in [0.05, 0.1) is 5.92 Å². The molecule has 2 aliphatic heterocycles. The third-order valence-corrected chi connectivity index (χ3v) is 8.56. The van der Waals surface area contributed by atoms with Crippen molar-refractivity contribution in [3.8, 4) is 33.6 Å². The Bertz CT molecular complexity index is 1700. The van der Waals surface area contributed by atoms with Crippen LogP contribution in [0.25, 0.3) is 39.3 Å². The van der Waals surface area contributed by atoms with E-state index in [1.54, 1.807) is 0 Å². The summed E-state index contributed by atoms with van der Waals surface area (Å²) in [6, 6.07) is 38.2. The first-order valence-corrected chi connectivity index (χ1v) is 13.7. The van der Waals surface area contributed by atoms with Crippen molar-refractivity contribution in [2.24, 2.45) is 0 Å². The lowest BCUT2D eigenvalue weighted by Gasteiger charge is -2.31. The summed E-state index contributed by atoms with van der Waals surface area (Å²) in [6.45, 7) is 6.89. The Labute approximate surface area is 225 Å². The SMILES string of the molecule is C=C1CC2c3ccccc3-c3cccc[n+]3C2CCc2ccccc2-c2cc(-c3ccccc3C)cc[n+]21. The smallest absolute Gasteiger partial charge is 0.195 e. The molecule has 2 aromatic heterocycles. The fourth-order valence-corrected chi connectivity index (χ4v) is 6.71. The summed E-state index contributed by atoms with van der Waals surface area (Å²) >= 11 is 0. The van der Waals surface area contributed by atoms with Crippen molar-refractivity contribution in [2.75, 3.05) is 0 Å². The van der Waals surface area contributed by atoms with Crippen molar-refractivity contribution >= 4 is 5.70 Å². The minimum atomic E-state index is 0.361. The fraction of sp³-hybridized carbons (Fsp3) is 0.167. The van der Waals surface area contributed by atoms with Gasteiger partial charge in [-0.3, -0.25) is 0 Å². The first-order valence-electron chi connectivity index (χ1n) is 13.7. The van der Waals surface area contributed by atoms with Crippen LogP contribution in [0.3, 0.4) is 0 Å². The topological polar surface area (TPSA) is 7.76 Å². The molecule has 0 amide bonds. The van der Waals surface area contributed by atoms with Gasteiger partial charge in [-0.05, 0) is 65.9 Å². The Balaban J connectivity index is 1.41. The van der Waals surface area contributed by atoms with Crippen molar-refractivity contribution in [3.05, 3.63) is 139 Å². The average molecular weight is 493 g/mol. The zero-order valence-corrected chi connectivity index (χ0v) is 21.8. The van der Waals surface area contributed by atoms with Gasteiger partial charge in [0.1, 0.15) is 0 Å². The van der Waals surface area contributed by atoms with Crippen LogP contribution in [0, 0.1) is 6.92 Å². The number of nitrogens with zero attached hydrogens (tertiary/aromatic N) is 2. The molecule has 0 radical (unpaired) electrons. The van der Waals surface area contributed by atoms with E-state index < -0.39 is 0 Å². The molecule has 3 aromatic carbocycles. The highest BCUT2D eigenvalue weighted by Crippen LogP contribution is 2.44. The van der Waals surface area contributed by atoms with Crippen LogP contribution in [0.15, 0.2) is 122 Å². The fourth-order valence-electron chi connectivity index (χ4n) is 6.71. The van der Waals surface area contributed by atoms with Crippen LogP contribution in [0.5, 0.6) is 0 Å². The van der Waals surface area contributed by atoms with Gasteiger partial charge in [-0.2, -0.15) is 9.13 Å². The lowest BCUT2D eigenvalue weighted by Crippen LogP contribution is -2.48. The van der Waals surface area contributed by atoms with Crippen molar-refractivity contribution in [1.29, 1.82) is 0 Å². The Morgan fingerprint density at radius 3 is 2.32 bits per heavy atom. The van der Waals surface area contributed by atoms with Crippen LogP contribution in [0.2, 0.25) is 0 Å². The van der Waals surface area contributed by atoms with E-state index >= 15 is 0 Å². The normalized spacial score (nSPS) is 17.9. The maximum Gasteiger partial charge on any atom is 0.218 e. The highest BCUT2D eigenvalue weighted by atomic mass is 15.0. The summed E-state index contributed by atoms with van der Waals surface area (Å²) in [5.41, 5.74) is 13.0. The van der Waals surface area contributed by atoms with Crippen LogP contribution in [0.4, 0.5) is 0 Å². The van der Waals surface area contributed by atoms with Crippen molar-refractivity contribution in [1.82, 2.24) is 0 Å². The number of pyridine rings is 2. The van der Waals surface area contributed by atoms with Gasteiger partial charge >= 0.3 is 0 Å². The number of hydrogen-bond donors (Lipinski definition) is 0. The average Bonchev–Trinajstić information content (AvgIpc) is 2.97. The summed E-state index contributed by atoms with van der Waals surface area (Å²) in [4.78, 5) is 0. The van der Waals surface area contributed by atoms with Crippen LogP contribution in [-0.4, -0.2) is 0 Å². The van der Waals surface area contributed by atoms with E-state index in [0.717, 1.165) is 25.0 Å². The standard InChI is InChI=1S/C36H32N2/c1-25-11-3-5-13-29(25)28-20-22-37-26(2)23-33-31-15-7-8-16-32(31)34-17-9-10-21-38(34)35(33)19-18-27-12-4-6-14-30(27)36(37)24-28/h3-17,20-22,24,33,35H,2,18-19,23H2,1H3/q+2. The van der Waals surface area contributed by atoms with E-state index in [0.29, 0.717) is 12.0 Å². The Hall–Kier alpha value is -4.30. The zero-order valence-electron chi connectivity index (χ0n) is 21.8. The molecule has 2 atom stereocenters. The number of benzene rings is 3. The predicted molar refractivity (Wildman–Crippen MR) is 154 cm³/mol. The molecule has 184 valence electrons. The van der Waals surface area contributed by atoms with E-state index in [-0.39, 0.29) is 0 Å². The molecule has 7 rings (SSSR count). The second-order valence-electron chi connectivity index (χ2n) is 10.7. The number of hydrogen-bond acceptors (Lipinski definition) is 0. The van der Waals surface area contributed by atoms with E-state index in [1.807, 2.05) is 0 Å². The van der Waals surface area contributed by atoms with Crippen LogP contribution in [-0.2, 0) is 6.42 Å². The Morgan fingerprint density at radius 1 is 0.711 bits per heavy atom. The molecule has 0 N–H and O–H groups in total. The van der Waals surface area contributed by atoms with Crippen molar-refractivity contribution in [3.63, 3.8) is 0 Å². The number of aromatic nitrogens is 2. The number of allylic oxidation sites excluding steroid dienone is 1. The first-order chi connectivity index (χ1) is 18.7. The molecular weight excluding hydrogens is 460 g/mol. The summed E-state index contributed by atoms with van der Waals surface area (Å²) in [6.07, 6.45) is 7.54. The number of rotatable bonds is 1. The highest BCUT2D eigenvalue weighted by Gasteiger charge is 2.41. The van der Waals surface area contributed by atoms with E-state index in [4.69, 9.17) is 6.58 Å². The summed E-state index contributed by atoms with van der Waals surface area (Å²) < 4.78 is 4.87. The van der Waals surface area contributed by atoms with Gasteiger partial charge < -0.3 is 0 Å². The van der Waals surface area contributed by atoms with Gasteiger partial charge in [-0.25, -0.2) is 0 Å². The molecule has 0 saturated heterocycles. The van der Waals surface area contributed by atoms with Gasteiger partial charge in [-0.15, -0.1) is 0 Å². The second-order valence-corrected chi connectivity index (χ2v) is 10.7. The van der Waals surface area contributed by atoms with E-state index in [9.17, 15) is 0 Å². The third-order valence-electron chi connectivity index (χ3n) is 8.56. The van der Waals surface area contributed by atoms with Crippen LogP contribution >= 0.6 is 0 Å². The van der Waals surface area contributed by atoms with E-state index in [1.165, 1.54) is 50.3 Å². The molecule has 38 heavy (non-hydrogen) atoms. The minimum absolute atomic E-state index is 0.361.